The topological polar surface area (TPSA) is 67.2 Å². The Labute approximate surface area is 205 Å². The summed E-state index contributed by atoms with van der Waals surface area (Å²) in [6, 6.07) is 23.7. The molecular formula is C30H31N3O2. The van der Waals surface area contributed by atoms with E-state index in [1.54, 1.807) is 0 Å². The van der Waals surface area contributed by atoms with Crippen molar-refractivity contribution < 1.29 is 9.90 Å². The van der Waals surface area contributed by atoms with E-state index >= 15 is 0 Å². The zero-order valence-corrected chi connectivity index (χ0v) is 20.1. The second kappa shape index (κ2) is 8.56. The van der Waals surface area contributed by atoms with E-state index in [2.05, 4.69) is 83.5 Å². The first kappa shape index (κ1) is 21.9. The van der Waals surface area contributed by atoms with Gasteiger partial charge in [0.25, 0.3) is 0 Å². The molecule has 6 rings (SSSR count). The molecule has 1 saturated carbocycles. The van der Waals surface area contributed by atoms with Crippen LogP contribution in [0.1, 0.15) is 60.4 Å². The number of benzene rings is 3. The van der Waals surface area contributed by atoms with Crippen molar-refractivity contribution in [2.75, 3.05) is 5.32 Å². The maximum Gasteiger partial charge on any atom is 0.309 e. The Bertz CT molecular complexity index is 1400. The Morgan fingerprint density at radius 1 is 1.09 bits per heavy atom. The Kier molecular flexibility index (Phi) is 5.36. The number of hydrogen-bond donors (Lipinski definition) is 2. The van der Waals surface area contributed by atoms with E-state index in [-0.39, 0.29) is 6.04 Å². The lowest BCUT2D eigenvalue weighted by Gasteiger charge is -2.37. The van der Waals surface area contributed by atoms with E-state index < -0.39 is 11.4 Å². The minimum absolute atomic E-state index is 0.209. The SMILES string of the molecule is Cc1ccc(Nc2nc3cc(CC4(C(=O)O)CCC4)ccc3n2C2CCCc3ccccc32)cc1. The first-order chi connectivity index (χ1) is 17.0. The van der Waals surface area contributed by atoms with Crippen molar-refractivity contribution >= 4 is 28.6 Å². The molecule has 0 saturated heterocycles. The molecule has 0 aliphatic heterocycles. The molecule has 5 nitrogen and oxygen atoms in total. The predicted molar refractivity (Wildman–Crippen MR) is 139 cm³/mol. The van der Waals surface area contributed by atoms with E-state index in [1.807, 2.05) is 0 Å². The van der Waals surface area contributed by atoms with Gasteiger partial charge in [-0.3, -0.25) is 4.79 Å². The van der Waals surface area contributed by atoms with Gasteiger partial charge in [-0.2, -0.15) is 0 Å². The van der Waals surface area contributed by atoms with E-state index in [9.17, 15) is 9.90 Å². The molecule has 1 fully saturated rings. The summed E-state index contributed by atoms with van der Waals surface area (Å²) in [4.78, 5) is 17.0. The average Bonchev–Trinajstić information content (AvgIpc) is 3.19. The number of aliphatic carboxylic acids is 1. The van der Waals surface area contributed by atoms with Gasteiger partial charge in [-0.15, -0.1) is 0 Å². The number of nitrogens with one attached hydrogen (secondary N) is 1. The Hall–Kier alpha value is -3.60. The number of carboxylic acids is 1. The lowest BCUT2D eigenvalue weighted by molar-refractivity contribution is -0.154. The molecule has 2 aliphatic carbocycles. The van der Waals surface area contributed by atoms with Crippen LogP contribution in [0.3, 0.4) is 0 Å². The highest BCUT2D eigenvalue weighted by molar-refractivity contribution is 5.82. The van der Waals surface area contributed by atoms with Gasteiger partial charge >= 0.3 is 5.97 Å². The summed E-state index contributed by atoms with van der Waals surface area (Å²) in [7, 11) is 0. The van der Waals surface area contributed by atoms with Crippen molar-refractivity contribution in [1.82, 2.24) is 9.55 Å². The standard InChI is InChI=1S/C30H31N3O2/c1-20-10-13-23(14-11-20)31-29-32-25-18-21(19-30(28(34)35)16-5-17-30)12-15-27(25)33(29)26-9-4-7-22-6-2-3-8-24(22)26/h2-3,6,8,10-15,18,26H,4-5,7,9,16-17,19H2,1H3,(H,31,32)(H,34,35). The van der Waals surface area contributed by atoms with Crippen LogP contribution in [0.15, 0.2) is 66.7 Å². The number of rotatable bonds is 6. The van der Waals surface area contributed by atoms with Crippen molar-refractivity contribution in [3.63, 3.8) is 0 Å². The molecule has 1 aromatic heterocycles. The molecule has 35 heavy (non-hydrogen) atoms. The molecule has 0 radical (unpaired) electrons. The van der Waals surface area contributed by atoms with Crippen LogP contribution < -0.4 is 5.32 Å². The zero-order chi connectivity index (χ0) is 24.0. The van der Waals surface area contributed by atoms with Gasteiger partial charge in [0.15, 0.2) is 0 Å². The molecule has 1 atom stereocenters. The second-order valence-electron chi connectivity index (χ2n) is 10.3. The summed E-state index contributed by atoms with van der Waals surface area (Å²) in [6.45, 7) is 2.09. The molecule has 5 heteroatoms. The van der Waals surface area contributed by atoms with Crippen LogP contribution in [-0.4, -0.2) is 20.6 Å². The minimum atomic E-state index is -0.671. The molecule has 0 bridgehead atoms. The van der Waals surface area contributed by atoms with Gasteiger partial charge in [-0.25, -0.2) is 4.98 Å². The first-order valence-electron chi connectivity index (χ1n) is 12.7. The lowest BCUT2D eigenvalue weighted by Crippen LogP contribution is -2.39. The molecule has 3 aromatic carbocycles. The van der Waals surface area contributed by atoms with E-state index in [4.69, 9.17) is 4.98 Å². The average molecular weight is 466 g/mol. The summed E-state index contributed by atoms with van der Waals surface area (Å²) < 4.78 is 2.35. The van der Waals surface area contributed by atoms with Crippen LogP contribution in [-0.2, 0) is 17.6 Å². The van der Waals surface area contributed by atoms with Crippen LogP contribution in [0.25, 0.3) is 11.0 Å². The number of hydrogen-bond acceptors (Lipinski definition) is 3. The second-order valence-corrected chi connectivity index (χ2v) is 10.3. The number of carbonyl (C=O) groups is 1. The molecule has 1 heterocycles. The number of carboxylic acid groups (broad SMARTS) is 1. The van der Waals surface area contributed by atoms with Crippen molar-refractivity contribution in [2.24, 2.45) is 5.41 Å². The van der Waals surface area contributed by atoms with Crippen LogP contribution in [0, 0.1) is 12.3 Å². The summed E-state index contributed by atoms with van der Waals surface area (Å²) in [5.41, 5.74) is 7.46. The Balaban J connectivity index is 1.45. The quantitative estimate of drug-likeness (QED) is 0.328. The summed E-state index contributed by atoms with van der Waals surface area (Å²) in [5.74, 6) is 0.161. The largest absolute Gasteiger partial charge is 0.481 e. The summed E-state index contributed by atoms with van der Waals surface area (Å²) >= 11 is 0. The van der Waals surface area contributed by atoms with E-state index in [0.29, 0.717) is 6.42 Å². The van der Waals surface area contributed by atoms with Crippen molar-refractivity contribution in [1.29, 1.82) is 0 Å². The van der Waals surface area contributed by atoms with Gasteiger partial charge in [-0.05, 0) is 86.4 Å². The fourth-order valence-electron chi connectivity index (χ4n) is 5.88. The summed E-state index contributed by atoms with van der Waals surface area (Å²) in [6.07, 6.45) is 6.40. The third-order valence-electron chi connectivity index (χ3n) is 8.02. The van der Waals surface area contributed by atoms with Crippen molar-refractivity contribution in [3.05, 3.63) is 89.0 Å². The first-order valence-corrected chi connectivity index (χ1v) is 12.7. The van der Waals surface area contributed by atoms with Crippen molar-refractivity contribution in [2.45, 2.75) is 57.9 Å². The van der Waals surface area contributed by atoms with Gasteiger partial charge in [0.05, 0.1) is 22.5 Å². The van der Waals surface area contributed by atoms with Gasteiger partial charge in [0, 0.05) is 5.69 Å². The molecule has 0 amide bonds. The Morgan fingerprint density at radius 2 is 1.89 bits per heavy atom. The number of aromatic nitrogens is 2. The predicted octanol–water partition coefficient (Wildman–Crippen LogP) is 6.81. The van der Waals surface area contributed by atoms with E-state index in [1.165, 1.54) is 16.7 Å². The Morgan fingerprint density at radius 3 is 2.63 bits per heavy atom. The molecule has 2 aliphatic rings. The number of anilines is 2. The minimum Gasteiger partial charge on any atom is -0.481 e. The smallest absolute Gasteiger partial charge is 0.309 e. The maximum atomic E-state index is 12.0. The normalized spacial score (nSPS) is 18.6. The highest BCUT2D eigenvalue weighted by atomic mass is 16.4. The van der Waals surface area contributed by atoms with Gasteiger partial charge in [0.1, 0.15) is 0 Å². The van der Waals surface area contributed by atoms with Crippen molar-refractivity contribution in [3.8, 4) is 0 Å². The highest BCUT2D eigenvalue weighted by Gasteiger charge is 2.44. The maximum absolute atomic E-state index is 12.0. The van der Waals surface area contributed by atoms with Crippen LogP contribution in [0.2, 0.25) is 0 Å². The summed E-state index contributed by atoms with van der Waals surface area (Å²) in [5, 5.41) is 13.4. The van der Waals surface area contributed by atoms with Gasteiger partial charge < -0.3 is 15.0 Å². The third-order valence-corrected chi connectivity index (χ3v) is 8.02. The molecule has 1 unspecified atom stereocenters. The molecule has 4 aromatic rings. The third kappa shape index (κ3) is 3.89. The highest BCUT2D eigenvalue weighted by Crippen LogP contribution is 2.44. The number of aryl methyl sites for hydroxylation is 2. The lowest BCUT2D eigenvalue weighted by atomic mass is 9.65. The fraction of sp³-hybridized carbons (Fsp3) is 0.333. The van der Waals surface area contributed by atoms with Gasteiger partial charge in [-0.1, -0.05) is 54.4 Å². The zero-order valence-electron chi connectivity index (χ0n) is 20.1. The number of nitrogens with zero attached hydrogens (tertiary/aromatic N) is 2. The van der Waals surface area contributed by atoms with E-state index in [0.717, 1.165) is 66.8 Å². The van der Waals surface area contributed by atoms with Crippen LogP contribution >= 0.6 is 0 Å². The number of imidazole rings is 1. The molecule has 2 N–H and O–H groups in total. The molecule has 178 valence electrons. The molecular weight excluding hydrogens is 434 g/mol. The van der Waals surface area contributed by atoms with Crippen LogP contribution in [0.5, 0.6) is 0 Å². The number of fused-ring (bicyclic) bond motifs is 2. The molecule has 0 spiro atoms. The van der Waals surface area contributed by atoms with Gasteiger partial charge in [0.2, 0.25) is 5.95 Å². The fourth-order valence-corrected chi connectivity index (χ4v) is 5.88. The monoisotopic (exact) mass is 465 g/mol. The van der Waals surface area contributed by atoms with Crippen LogP contribution in [0.4, 0.5) is 11.6 Å².